The molecule has 1 aliphatic carbocycles. The van der Waals surface area contributed by atoms with Crippen molar-refractivity contribution in [3.8, 4) is 0 Å². The van der Waals surface area contributed by atoms with Gasteiger partial charge < -0.3 is 12.9 Å². The average Bonchev–Trinajstić information content (AvgIpc) is 2.12. The summed E-state index contributed by atoms with van der Waals surface area (Å²) in [7, 11) is 0. The predicted octanol–water partition coefficient (Wildman–Crippen LogP) is 0.658. The van der Waals surface area contributed by atoms with Gasteiger partial charge >= 0.3 is 58.4 Å². The van der Waals surface area contributed by atoms with Gasteiger partial charge in [-0.05, 0) is 25.7 Å². The van der Waals surface area contributed by atoms with Gasteiger partial charge in [-0.1, -0.05) is 12.8 Å². The van der Waals surface area contributed by atoms with Gasteiger partial charge in [-0.3, -0.25) is 0 Å². The van der Waals surface area contributed by atoms with Crippen LogP contribution in [0.2, 0.25) is 0 Å². The fourth-order valence-corrected chi connectivity index (χ4v) is 1.62. The van der Waals surface area contributed by atoms with E-state index in [1.54, 1.807) is 0 Å². The maximum Gasteiger partial charge on any atom is 1.00 e. The molecule has 13 heavy (non-hydrogen) atoms. The van der Waals surface area contributed by atoms with Crippen LogP contribution in [0.15, 0.2) is 11.5 Å². The van der Waals surface area contributed by atoms with Crippen molar-refractivity contribution >= 4 is 6.98 Å². The van der Waals surface area contributed by atoms with Crippen LogP contribution in [0, 0.1) is 0 Å². The normalized spacial score (nSPS) is 18.8. The summed E-state index contributed by atoms with van der Waals surface area (Å²) in [6.07, 6.45) is 5.34. The van der Waals surface area contributed by atoms with Crippen molar-refractivity contribution in [2.45, 2.75) is 38.5 Å². The minimum absolute atomic E-state index is 0. The molecule has 70 valence electrons. The first-order chi connectivity index (χ1) is 5.58. The van der Waals surface area contributed by atoms with Crippen molar-refractivity contribution < 1.29 is 64.3 Å². The van der Waals surface area contributed by atoms with E-state index in [0.717, 1.165) is 25.7 Å². The maximum atomic E-state index is 12.0. The Morgan fingerprint density at radius 2 is 1.38 bits per heavy atom. The van der Waals surface area contributed by atoms with Crippen LogP contribution in [-0.4, -0.2) is 6.98 Å². The molecule has 0 heterocycles. The van der Waals surface area contributed by atoms with Gasteiger partial charge in [0.05, 0.1) is 0 Å². The van der Waals surface area contributed by atoms with Gasteiger partial charge in [0.15, 0.2) is 0 Å². The van der Waals surface area contributed by atoms with E-state index in [0.29, 0.717) is 24.4 Å². The quantitative estimate of drug-likeness (QED) is 0.446. The number of allylic oxidation sites excluding steroid dienone is 1. The Balaban J connectivity index is 0.00000144. The van der Waals surface area contributed by atoms with Gasteiger partial charge in [0.1, 0.15) is 0 Å². The summed E-state index contributed by atoms with van der Waals surface area (Å²) < 4.78 is 35.9. The van der Waals surface area contributed by atoms with Gasteiger partial charge in [0, 0.05) is 0 Å². The zero-order chi connectivity index (χ0) is 9.03. The summed E-state index contributed by atoms with van der Waals surface area (Å²) in [5.74, 6) is 0.547. The molecule has 0 bridgehead atoms. The van der Waals surface area contributed by atoms with E-state index in [9.17, 15) is 12.9 Å². The molecular formula is C8H13BF3K. The summed E-state index contributed by atoms with van der Waals surface area (Å²) >= 11 is 0. The number of halogens is 3. The zero-order valence-electron chi connectivity index (χ0n) is 8.03. The Kier molecular flexibility index (Phi) is 7.30. The molecule has 1 fully saturated rings. The summed E-state index contributed by atoms with van der Waals surface area (Å²) in [5, 5.41) is 0. The molecule has 0 atom stereocenters. The van der Waals surface area contributed by atoms with E-state index in [4.69, 9.17) is 0 Å². The molecule has 0 aromatic rings. The Morgan fingerprint density at radius 3 is 1.77 bits per heavy atom. The van der Waals surface area contributed by atoms with E-state index in [1.807, 2.05) is 0 Å². The van der Waals surface area contributed by atoms with Crippen molar-refractivity contribution in [2.24, 2.45) is 0 Å². The Morgan fingerprint density at radius 1 is 0.923 bits per heavy atom. The second-order valence-corrected chi connectivity index (χ2v) is 3.36. The summed E-state index contributed by atoms with van der Waals surface area (Å²) in [6, 6.07) is 0. The molecule has 1 saturated carbocycles. The van der Waals surface area contributed by atoms with Crippen LogP contribution in [0.3, 0.4) is 0 Å². The fourth-order valence-electron chi connectivity index (χ4n) is 1.62. The molecule has 0 nitrogen and oxygen atoms in total. The molecule has 5 heteroatoms. The van der Waals surface area contributed by atoms with Crippen LogP contribution in [0.4, 0.5) is 12.9 Å². The standard InChI is InChI=1S/C8H13BF3.K/c10-9(11,12)7-8-5-3-1-2-4-6-8;/h7H,1-6H2;/q-1;+1. The fraction of sp³-hybridized carbons (Fsp3) is 0.750. The van der Waals surface area contributed by atoms with Gasteiger partial charge in [-0.2, -0.15) is 0 Å². The van der Waals surface area contributed by atoms with Crippen molar-refractivity contribution in [1.29, 1.82) is 0 Å². The van der Waals surface area contributed by atoms with Crippen LogP contribution in [0.5, 0.6) is 0 Å². The maximum absolute atomic E-state index is 12.0. The summed E-state index contributed by atoms with van der Waals surface area (Å²) in [5.41, 5.74) is 0.611. The molecule has 1 aliphatic rings. The molecule has 0 saturated heterocycles. The molecule has 0 N–H and O–H groups in total. The molecule has 0 aromatic heterocycles. The van der Waals surface area contributed by atoms with Crippen molar-refractivity contribution in [3.63, 3.8) is 0 Å². The third-order valence-corrected chi connectivity index (χ3v) is 2.17. The third-order valence-electron chi connectivity index (χ3n) is 2.17. The van der Waals surface area contributed by atoms with Gasteiger partial charge in [0.25, 0.3) is 0 Å². The smallest absolute Gasteiger partial charge is 0.445 e. The third kappa shape index (κ3) is 7.19. The van der Waals surface area contributed by atoms with Gasteiger partial charge in [0.2, 0.25) is 0 Å². The Labute approximate surface area is 120 Å². The molecular weight excluding hydrogens is 203 g/mol. The molecule has 1 rings (SSSR count). The van der Waals surface area contributed by atoms with Gasteiger partial charge in [-0.25, -0.2) is 0 Å². The molecule has 0 amide bonds. The predicted molar refractivity (Wildman–Crippen MR) is 44.9 cm³/mol. The van der Waals surface area contributed by atoms with E-state index in [1.165, 1.54) is 0 Å². The minimum atomic E-state index is -4.70. The molecule has 0 unspecified atom stereocenters. The Hall–Kier alpha value is 1.23. The molecule has 0 aromatic carbocycles. The molecule has 0 radical (unpaired) electrons. The Bertz CT molecular complexity index is 167. The number of hydrogen-bond donors (Lipinski definition) is 0. The van der Waals surface area contributed by atoms with E-state index < -0.39 is 6.98 Å². The van der Waals surface area contributed by atoms with E-state index >= 15 is 0 Å². The second-order valence-electron chi connectivity index (χ2n) is 3.36. The van der Waals surface area contributed by atoms with E-state index in [-0.39, 0.29) is 51.4 Å². The first-order valence-corrected chi connectivity index (χ1v) is 4.48. The van der Waals surface area contributed by atoms with Gasteiger partial charge in [-0.15, -0.1) is 11.5 Å². The zero-order valence-corrected chi connectivity index (χ0v) is 11.2. The SMILES string of the molecule is F[B-](F)(F)C=C1CCCCCC1.[K+]. The van der Waals surface area contributed by atoms with Crippen LogP contribution in [0.1, 0.15) is 38.5 Å². The number of hydrogen-bond acceptors (Lipinski definition) is 0. The van der Waals surface area contributed by atoms with Crippen LogP contribution < -0.4 is 51.4 Å². The van der Waals surface area contributed by atoms with Crippen molar-refractivity contribution in [2.75, 3.05) is 0 Å². The molecule has 0 aliphatic heterocycles. The van der Waals surface area contributed by atoms with E-state index in [2.05, 4.69) is 0 Å². The monoisotopic (exact) mass is 216 g/mol. The van der Waals surface area contributed by atoms with Crippen LogP contribution >= 0.6 is 0 Å². The molecule has 0 spiro atoms. The van der Waals surface area contributed by atoms with Crippen LogP contribution in [0.25, 0.3) is 0 Å². The average molecular weight is 216 g/mol. The second kappa shape index (κ2) is 6.67. The first-order valence-electron chi connectivity index (χ1n) is 4.48. The van der Waals surface area contributed by atoms with Crippen LogP contribution in [-0.2, 0) is 0 Å². The number of rotatable bonds is 1. The largest absolute Gasteiger partial charge is 1.00 e. The topological polar surface area (TPSA) is 0 Å². The summed E-state index contributed by atoms with van der Waals surface area (Å²) in [4.78, 5) is 0. The first kappa shape index (κ1) is 14.2. The minimum Gasteiger partial charge on any atom is -0.445 e. The summed E-state index contributed by atoms with van der Waals surface area (Å²) in [6.45, 7) is -4.70. The van der Waals surface area contributed by atoms with Crippen molar-refractivity contribution in [1.82, 2.24) is 0 Å². The van der Waals surface area contributed by atoms with Crippen molar-refractivity contribution in [3.05, 3.63) is 11.5 Å².